The van der Waals surface area contributed by atoms with E-state index in [-0.39, 0.29) is 18.1 Å². The molecule has 3 atom stereocenters. The second-order valence-corrected chi connectivity index (χ2v) is 6.13. The third kappa shape index (κ3) is 2.51. The number of fused-ring (bicyclic) bond motifs is 1. The van der Waals surface area contributed by atoms with Crippen molar-refractivity contribution in [1.82, 2.24) is 4.90 Å². The van der Waals surface area contributed by atoms with Gasteiger partial charge < -0.3 is 15.1 Å². The molecule has 3 heteroatoms. The molecular formula is C14H27NO2. The van der Waals surface area contributed by atoms with Crippen molar-refractivity contribution >= 4 is 0 Å². The van der Waals surface area contributed by atoms with Crippen LogP contribution in [0.25, 0.3) is 0 Å². The molecule has 3 nitrogen and oxygen atoms in total. The lowest BCUT2D eigenvalue weighted by molar-refractivity contribution is 0.0655. The maximum absolute atomic E-state index is 9.91. The minimum atomic E-state index is -0.0724. The second kappa shape index (κ2) is 5.25. The van der Waals surface area contributed by atoms with Gasteiger partial charge in [-0.2, -0.15) is 0 Å². The minimum absolute atomic E-state index is 0.0724. The molecule has 0 amide bonds. The average molecular weight is 241 g/mol. The Balaban J connectivity index is 1.93. The number of rotatable bonds is 5. The predicted molar refractivity (Wildman–Crippen MR) is 68.8 cm³/mol. The first kappa shape index (κ1) is 13.3. The summed E-state index contributed by atoms with van der Waals surface area (Å²) in [5.41, 5.74) is 0.0730. The highest BCUT2D eigenvalue weighted by atomic mass is 16.3. The summed E-state index contributed by atoms with van der Waals surface area (Å²) in [6, 6.07) is 0. The van der Waals surface area contributed by atoms with Crippen molar-refractivity contribution in [2.75, 3.05) is 26.2 Å². The zero-order valence-electron chi connectivity index (χ0n) is 11.2. The molecule has 2 rings (SSSR count). The van der Waals surface area contributed by atoms with Crippen LogP contribution in [0.1, 0.15) is 39.5 Å². The number of hydrogen-bond donors (Lipinski definition) is 2. The Morgan fingerprint density at radius 1 is 1.18 bits per heavy atom. The molecule has 17 heavy (non-hydrogen) atoms. The molecule has 1 heterocycles. The Kier molecular flexibility index (Phi) is 4.11. The molecule has 0 spiro atoms. The van der Waals surface area contributed by atoms with Crippen molar-refractivity contribution in [1.29, 1.82) is 0 Å². The Labute approximate surface area is 105 Å². The highest BCUT2D eigenvalue weighted by molar-refractivity contribution is 4.95. The van der Waals surface area contributed by atoms with E-state index < -0.39 is 0 Å². The van der Waals surface area contributed by atoms with Crippen LogP contribution in [0.2, 0.25) is 0 Å². The fourth-order valence-corrected chi connectivity index (χ4v) is 3.68. The zero-order chi connectivity index (χ0) is 12.5. The van der Waals surface area contributed by atoms with Gasteiger partial charge in [-0.1, -0.05) is 13.8 Å². The minimum Gasteiger partial charge on any atom is -0.396 e. The summed E-state index contributed by atoms with van der Waals surface area (Å²) >= 11 is 0. The second-order valence-electron chi connectivity index (χ2n) is 6.13. The van der Waals surface area contributed by atoms with Crippen LogP contribution < -0.4 is 0 Å². The first-order chi connectivity index (χ1) is 8.14. The Bertz CT molecular complexity index is 244. The summed E-state index contributed by atoms with van der Waals surface area (Å²) in [5.74, 6) is 1.20. The van der Waals surface area contributed by atoms with Gasteiger partial charge in [0.25, 0.3) is 0 Å². The monoisotopic (exact) mass is 241 g/mol. The van der Waals surface area contributed by atoms with Gasteiger partial charge in [0, 0.05) is 37.6 Å². The quantitative estimate of drug-likeness (QED) is 0.766. The van der Waals surface area contributed by atoms with E-state index in [1.807, 2.05) is 0 Å². The van der Waals surface area contributed by atoms with Crippen molar-refractivity contribution in [3.05, 3.63) is 0 Å². The van der Waals surface area contributed by atoms with E-state index in [4.69, 9.17) is 0 Å². The van der Waals surface area contributed by atoms with Crippen LogP contribution in [-0.4, -0.2) is 47.5 Å². The summed E-state index contributed by atoms with van der Waals surface area (Å²) < 4.78 is 0. The first-order valence-corrected chi connectivity index (χ1v) is 7.15. The fourth-order valence-electron chi connectivity index (χ4n) is 3.68. The highest BCUT2D eigenvalue weighted by Crippen LogP contribution is 2.39. The van der Waals surface area contributed by atoms with E-state index in [1.54, 1.807) is 0 Å². The maximum atomic E-state index is 9.91. The lowest BCUT2D eigenvalue weighted by Gasteiger charge is -2.34. The maximum Gasteiger partial charge on any atom is 0.0583 e. The Morgan fingerprint density at radius 3 is 2.41 bits per heavy atom. The van der Waals surface area contributed by atoms with Gasteiger partial charge in [-0.3, -0.25) is 0 Å². The summed E-state index contributed by atoms with van der Waals surface area (Å²) in [5, 5.41) is 19.5. The molecule has 2 N–H and O–H groups in total. The summed E-state index contributed by atoms with van der Waals surface area (Å²) in [6.07, 6.45) is 4.18. The standard InChI is InChI=1S/C14H27NO2/c1-3-14(4-2,10-16)9-15-7-11-5-6-13(17)12(11)8-15/h11-13,16-17H,3-10H2,1-2H3. The normalized spacial score (nSPS) is 34.2. The molecule has 0 aromatic carbocycles. The number of likely N-dealkylation sites (tertiary alicyclic amines) is 1. The molecule has 1 saturated heterocycles. The molecule has 100 valence electrons. The smallest absolute Gasteiger partial charge is 0.0583 e. The molecule has 1 aliphatic heterocycles. The van der Waals surface area contributed by atoms with Gasteiger partial charge in [0.15, 0.2) is 0 Å². The number of aliphatic hydroxyl groups is 2. The van der Waals surface area contributed by atoms with E-state index in [9.17, 15) is 10.2 Å². The van der Waals surface area contributed by atoms with E-state index in [0.29, 0.717) is 11.8 Å². The SMILES string of the molecule is CCC(CC)(CO)CN1CC2CCC(O)C2C1. The largest absolute Gasteiger partial charge is 0.396 e. The molecule has 2 aliphatic rings. The molecule has 0 radical (unpaired) electrons. The lowest BCUT2D eigenvalue weighted by atomic mass is 9.82. The van der Waals surface area contributed by atoms with Crippen molar-refractivity contribution in [2.24, 2.45) is 17.3 Å². The molecule has 0 aromatic heterocycles. The van der Waals surface area contributed by atoms with E-state index >= 15 is 0 Å². The Morgan fingerprint density at radius 2 is 1.88 bits per heavy atom. The third-order valence-electron chi connectivity index (χ3n) is 5.29. The van der Waals surface area contributed by atoms with Crippen molar-refractivity contribution in [3.63, 3.8) is 0 Å². The first-order valence-electron chi connectivity index (χ1n) is 7.15. The van der Waals surface area contributed by atoms with Crippen LogP contribution in [0.15, 0.2) is 0 Å². The number of hydrogen-bond acceptors (Lipinski definition) is 3. The molecule has 1 aliphatic carbocycles. The molecule has 1 saturated carbocycles. The van der Waals surface area contributed by atoms with Gasteiger partial charge in [-0.15, -0.1) is 0 Å². The lowest BCUT2D eigenvalue weighted by Crippen LogP contribution is -2.39. The van der Waals surface area contributed by atoms with Crippen molar-refractivity contribution in [2.45, 2.75) is 45.6 Å². The van der Waals surface area contributed by atoms with E-state index in [0.717, 1.165) is 38.9 Å². The van der Waals surface area contributed by atoms with Gasteiger partial charge in [-0.05, 0) is 31.6 Å². The van der Waals surface area contributed by atoms with Crippen LogP contribution in [0.5, 0.6) is 0 Å². The van der Waals surface area contributed by atoms with Gasteiger partial charge >= 0.3 is 0 Å². The summed E-state index contributed by atoms with van der Waals surface area (Å²) in [7, 11) is 0. The highest BCUT2D eigenvalue weighted by Gasteiger charge is 2.43. The van der Waals surface area contributed by atoms with Crippen molar-refractivity contribution in [3.8, 4) is 0 Å². The van der Waals surface area contributed by atoms with Crippen LogP contribution >= 0.6 is 0 Å². The average Bonchev–Trinajstić information content (AvgIpc) is 2.89. The molecule has 3 unspecified atom stereocenters. The zero-order valence-corrected chi connectivity index (χ0v) is 11.2. The Hall–Kier alpha value is -0.120. The summed E-state index contributed by atoms with van der Waals surface area (Å²) in [6.45, 7) is 7.79. The van der Waals surface area contributed by atoms with E-state index in [2.05, 4.69) is 18.7 Å². The molecular weight excluding hydrogens is 214 g/mol. The molecule has 0 bridgehead atoms. The van der Waals surface area contributed by atoms with Crippen LogP contribution in [0, 0.1) is 17.3 Å². The fraction of sp³-hybridized carbons (Fsp3) is 1.00. The third-order valence-corrected chi connectivity index (χ3v) is 5.29. The van der Waals surface area contributed by atoms with Crippen LogP contribution in [0.3, 0.4) is 0 Å². The summed E-state index contributed by atoms with van der Waals surface area (Å²) in [4.78, 5) is 2.47. The van der Waals surface area contributed by atoms with Crippen LogP contribution in [0.4, 0.5) is 0 Å². The number of aliphatic hydroxyl groups excluding tert-OH is 2. The van der Waals surface area contributed by atoms with Gasteiger partial charge in [0.05, 0.1) is 6.10 Å². The van der Waals surface area contributed by atoms with Gasteiger partial charge in [-0.25, -0.2) is 0 Å². The molecule has 0 aromatic rings. The van der Waals surface area contributed by atoms with Gasteiger partial charge in [0.2, 0.25) is 0 Å². The van der Waals surface area contributed by atoms with E-state index in [1.165, 1.54) is 6.42 Å². The topological polar surface area (TPSA) is 43.7 Å². The van der Waals surface area contributed by atoms with Crippen LogP contribution in [-0.2, 0) is 0 Å². The predicted octanol–water partition coefficient (Wildman–Crippen LogP) is 1.49. The molecule has 2 fully saturated rings. The van der Waals surface area contributed by atoms with Gasteiger partial charge in [0.1, 0.15) is 0 Å². The number of nitrogens with zero attached hydrogens (tertiary/aromatic N) is 1. The van der Waals surface area contributed by atoms with Crippen molar-refractivity contribution < 1.29 is 10.2 Å².